The van der Waals surface area contributed by atoms with Crippen molar-refractivity contribution < 1.29 is 18.4 Å². The summed E-state index contributed by atoms with van der Waals surface area (Å²) in [5.41, 5.74) is 2.12. The molecule has 0 radical (unpaired) electrons. The molecule has 3 heterocycles. The minimum atomic E-state index is -3.20. The highest BCUT2D eigenvalue weighted by Gasteiger charge is 2.37. The molecular weight excluding hydrogens is 576 g/mol. The molecule has 230 valence electrons. The Bertz CT molecular complexity index is 1760. The molecule has 1 saturated heterocycles. The van der Waals surface area contributed by atoms with Gasteiger partial charge in [-0.1, -0.05) is 48.5 Å². The number of nitrogens with zero attached hydrogens (tertiary/aromatic N) is 6. The minimum absolute atomic E-state index is 0.0872. The number of rotatable bonds is 7. The molecule has 4 aromatic rings. The van der Waals surface area contributed by atoms with Gasteiger partial charge in [0.1, 0.15) is 5.69 Å². The zero-order chi connectivity index (χ0) is 31.7. The van der Waals surface area contributed by atoms with Crippen LogP contribution in [0.2, 0.25) is 0 Å². The van der Waals surface area contributed by atoms with E-state index >= 15 is 8.78 Å². The standard InChI is InChI=1S/C34H33F2N7O2/c1-23-21-42-31(33(45)43(23)29-12-9-27(10-13-29)34(35,36)26-6-4-3-5-7-26)30(20-38-42)32(44)39-28-11-8-24(25(18-28)19-37)22-41-16-14-40(2)15-17-41/h3-13,18,20,23H,14-17,21-22H2,1-2H3,(H,39,44)/t23-/m0/s1. The van der Waals surface area contributed by atoms with Crippen molar-refractivity contribution in [2.45, 2.75) is 32.0 Å². The average Bonchev–Trinajstić information content (AvgIpc) is 3.48. The fourth-order valence-corrected chi connectivity index (χ4v) is 5.92. The second-order valence-electron chi connectivity index (χ2n) is 11.6. The van der Waals surface area contributed by atoms with Crippen LogP contribution in [0.1, 0.15) is 50.0 Å². The Balaban J connectivity index is 1.19. The molecule has 2 amide bonds. The number of nitriles is 1. The molecule has 0 unspecified atom stereocenters. The average molecular weight is 610 g/mol. The summed E-state index contributed by atoms with van der Waals surface area (Å²) in [7, 11) is 2.09. The monoisotopic (exact) mass is 609 g/mol. The number of hydrogen-bond donors (Lipinski definition) is 1. The summed E-state index contributed by atoms with van der Waals surface area (Å²) in [6.07, 6.45) is 1.36. The van der Waals surface area contributed by atoms with Gasteiger partial charge in [0, 0.05) is 55.2 Å². The van der Waals surface area contributed by atoms with Gasteiger partial charge in [0.25, 0.3) is 17.7 Å². The first-order valence-corrected chi connectivity index (χ1v) is 14.8. The Hall–Kier alpha value is -4.92. The van der Waals surface area contributed by atoms with Gasteiger partial charge in [-0.3, -0.25) is 19.2 Å². The Morgan fingerprint density at radius 1 is 1.02 bits per heavy atom. The van der Waals surface area contributed by atoms with Gasteiger partial charge in [-0.05, 0) is 43.8 Å². The molecular formula is C34H33F2N7O2. The molecule has 2 aliphatic heterocycles. The predicted octanol–water partition coefficient (Wildman–Crippen LogP) is 4.94. The van der Waals surface area contributed by atoms with E-state index in [4.69, 9.17) is 0 Å². The molecule has 0 saturated carbocycles. The Kier molecular flexibility index (Phi) is 8.18. The number of carbonyl (C=O) groups is 2. The lowest BCUT2D eigenvalue weighted by Crippen LogP contribution is -2.47. The van der Waals surface area contributed by atoms with E-state index in [0.29, 0.717) is 30.0 Å². The van der Waals surface area contributed by atoms with Crippen LogP contribution < -0.4 is 10.2 Å². The van der Waals surface area contributed by atoms with Crippen LogP contribution in [-0.4, -0.2) is 70.7 Å². The van der Waals surface area contributed by atoms with Crippen LogP contribution in [-0.2, 0) is 19.0 Å². The molecule has 1 aromatic heterocycles. The highest BCUT2D eigenvalue weighted by atomic mass is 19.3. The van der Waals surface area contributed by atoms with E-state index < -0.39 is 17.7 Å². The summed E-state index contributed by atoms with van der Waals surface area (Å²) in [6.45, 7) is 6.57. The Morgan fingerprint density at radius 2 is 1.71 bits per heavy atom. The molecule has 45 heavy (non-hydrogen) atoms. The first-order chi connectivity index (χ1) is 21.7. The van der Waals surface area contributed by atoms with Crippen molar-refractivity contribution in [3.8, 4) is 6.07 Å². The maximum Gasteiger partial charge on any atom is 0.298 e. The maximum atomic E-state index is 15.1. The zero-order valence-corrected chi connectivity index (χ0v) is 25.1. The number of benzene rings is 3. The number of alkyl halides is 2. The molecule has 1 N–H and O–H groups in total. The molecule has 0 aliphatic carbocycles. The number of halogens is 2. The third kappa shape index (κ3) is 5.94. The SMILES string of the molecule is C[C@H]1Cn2ncc(C(=O)Nc3ccc(CN4CCN(C)CC4)c(C#N)c3)c2C(=O)N1c1ccc(C(F)(F)c2ccccc2)cc1. The number of carbonyl (C=O) groups excluding carboxylic acids is 2. The van der Waals surface area contributed by atoms with E-state index in [1.807, 2.05) is 13.0 Å². The van der Waals surface area contributed by atoms with Crippen LogP contribution in [0.5, 0.6) is 0 Å². The molecule has 6 rings (SSSR count). The van der Waals surface area contributed by atoms with Gasteiger partial charge in [0.2, 0.25) is 0 Å². The number of aromatic nitrogens is 2. The van der Waals surface area contributed by atoms with Crippen LogP contribution in [0.3, 0.4) is 0 Å². The number of fused-ring (bicyclic) bond motifs is 1. The lowest BCUT2D eigenvalue weighted by molar-refractivity contribution is 0.0428. The molecule has 0 bridgehead atoms. The highest BCUT2D eigenvalue weighted by Crippen LogP contribution is 2.37. The second kappa shape index (κ2) is 12.2. The number of piperazine rings is 1. The van der Waals surface area contributed by atoms with Crippen molar-refractivity contribution in [2.75, 3.05) is 43.4 Å². The number of amides is 2. The fraction of sp³-hybridized carbons (Fsp3) is 0.294. The number of hydrogen-bond acceptors (Lipinski definition) is 6. The maximum absolute atomic E-state index is 15.1. The van der Waals surface area contributed by atoms with Crippen LogP contribution in [0.4, 0.5) is 20.2 Å². The molecule has 9 nitrogen and oxygen atoms in total. The van der Waals surface area contributed by atoms with E-state index in [1.165, 1.54) is 52.2 Å². The summed E-state index contributed by atoms with van der Waals surface area (Å²) in [6, 6.07) is 20.3. The van der Waals surface area contributed by atoms with E-state index in [0.717, 1.165) is 31.7 Å². The van der Waals surface area contributed by atoms with Crippen molar-refractivity contribution in [1.82, 2.24) is 19.6 Å². The lowest BCUT2D eigenvalue weighted by atomic mass is 9.99. The summed E-state index contributed by atoms with van der Waals surface area (Å²) >= 11 is 0. The molecule has 0 spiro atoms. The number of nitrogens with one attached hydrogen (secondary N) is 1. The molecule has 11 heteroatoms. The van der Waals surface area contributed by atoms with Crippen molar-refractivity contribution in [2.24, 2.45) is 0 Å². The molecule has 3 aromatic carbocycles. The van der Waals surface area contributed by atoms with Gasteiger partial charge in [-0.2, -0.15) is 19.1 Å². The van der Waals surface area contributed by atoms with Crippen molar-refractivity contribution in [3.05, 3.63) is 113 Å². The summed E-state index contributed by atoms with van der Waals surface area (Å²) in [5.74, 6) is -4.19. The fourth-order valence-electron chi connectivity index (χ4n) is 5.92. The van der Waals surface area contributed by atoms with Crippen molar-refractivity contribution in [3.63, 3.8) is 0 Å². The van der Waals surface area contributed by atoms with Crippen LogP contribution >= 0.6 is 0 Å². The summed E-state index contributed by atoms with van der Waals surface area (Å²) in [5, 5.41) is 16.9. The van der Waals surface area contributed by atoms with E-state index in [2.05, 4.69) is 33.3 Å². The van der Waals surface area contributed by atoms with Crippen LogP contribution in [0.25, 0.3) is 0 Å². The van der Waals surface area contributed by atoms with E-state index in [-0.39, 0.29) is 28.4 Å². The third-order valence-corrected chi connectivity index (χ3v) is 8.51. The van der Waals surface area contributed by atoms with Gasteiger partial charge < -0.3 is 15.1 Å². The zero-order valence-electron chi connectivity index (χ0n) is 25.1. The van der Waals surface area contributed by atoms with Crippen LogP contribution in [0.15, 0.2) is 79.0 Å². The smallest absolute Gasteiger partial charge is 0.298 e. The van der Waals surface area contributed by atoms with Crippen LogP contribution in [0, 0.1) is 11.3 Å². The molecule has 1 fully saturated rings. The third-order valence-electron chi connectivity index (χ3n) is 8.51. The molecule has 1 atom stereocenters. The number of likely N-dealkylation sites (N-methyl/N-ethyl adjacent to an activating group) is 1. The largest absolute Gasteiger partial charge is 0.322 e. The lowest BCUT2D eigenvalue weighted by Gasteiger charge is -2.34. The minimum Gasteiger partial charge on any atom is -0.322 e. The Labute approximate surface area is 260 Å². The first kappa shape index (κ1) is 30.1. The van der Waals surface area contributed by atoms with E-state index in [1.54, 1.807) is 30.3 Å². The van der Waals surface area contributed by atoms with Gasteiger partial charge >= 0.3 is 0 Å². The van der Waals surface area contributed by atoms with Gasteiger partial charge in [0.05, 0.1) is 36.0 Å². The topological polar surface area (TPSA) is 97.5 Å². The van der Waals surface area contributed by atoms with Gasteiger partial charge in [-0.25, -0.2) is 0 Å². The predicted molar refractivity (Wildman–Crippen MR) is 166 cm³/mol. The quantitative estimate of drug-likeness (QED) is 0.319. The normalized spacial score (nSPS) is 17.5. The van der Waals surface area contributed by atoms with Gasteiger partial charge in [0.15, 0.2) is 0 Å². The van der Waals surface area contributed by atoms with Crippen molar-refractivity contribution >= 4 is 23.2 Å². The summed E-state index contributed by atoms with van der Waals surface area (Å²) in [4.78, 5) is 33.3. The number of anilines is 2. The summed E-state index contributed by atoms with van der Waals surface area (Å²) < 4.78 is 31.7. The Morgan fingerprint density at radius 3 is 2.40 bits per heavy atom. The van der Waals surface area contributed by atoms with Gasteiger partial charge in [-0.15, -0.1) is 0 Å². The highest BCUT2D eigenvalue weighted by molar-refractivity contribution is 6.15. The molecule has 2 aliphatic rings. The first-order valence-electron chi connectivity index (χ1n) is 14.8. The second-order valence-corrected chi connectivity index (χ2v) is 11.6. The van der Waals surface area contributed by atoms with Crippen molar-refractivity contribution in [1.29, 1.82) is 5.26 Å². The van der Waals surface area contributed by atoms with E-state index in [9.17, 15) is 14.9 Å².